The summed E-state index contributed by atoms with van der Waals surface area (Å²) in [5.41, 5.74) is 4.21. The second-order valence-corrected chi connectivity index (χ2v) is 11.1. The third kappa shape index (κ3) is 7.21. The first-order valence-electron chi connectivity index (χ1n) is 14.7. The molecule has 6 rings (SSSR count). The van der Waals surface area contributed by atoms with Crippen molar-refractivity contribution in [3.05, 3.63) is 113 Å². The Morgan fingerprint density at radius 3 is 2.26 bits per heavy atom. The predicted molar refractivity (Wildman–Crippen MR) is 181 cm³/mol. The van der Waals surface area contributed by atoms with E-state index >= 15 is 0 Å². The van der Waals surface area contributed by atoms with E-state index in [-0.39, 0.29) is 28.8 Å². The molecule has 2 amide bonds. The van der Waals surface area contributed by atoms with Crippen LogP contribution in [0.15, 0.2) is 84.9 Å². The number of carbonyl (C=O) groups is 2. The highest BCUT2D eigenvalue weighted by molar-refractivity contribution is 8.93. The summed E-state index contributed by atoms with van der Waals surface area (Å²) in [7, 11) is 3.57. The zero-order chi connectivity index (χ0) is 31.5. The van der Waals surface area contributed by atoms with Gasteiger partial charge in [0.05, 0.1) is 18.5 Å². The summed E-state index contributed by atoms with van der Waals surface area (Å²) in [6, 6.07) is 24.4. The standard InChI is InChI=1S/C35H34FN5O4.BrH/c1-23-30(38-34(42)25-6-8-27(36)9-7-25)13-15-33(37-23)45-29-12-14-31-26(20-29)21-32(39(31)2)35(43)41-18-16-40(17-19-41)22-24-4-10-28(44-3)11-5-24;/h4-15,20-21H,16-19,22H2,1-3H3,(H,38,42);1H. The lowest BCUT2D eigenvalue weighted by Gasteiger charge is -2.34. The van der Waals surface area contributed by atoms with E-state index in [2.05, 4.69) is 27.3 Å². The number of methoxy groups -OCH3 is 1. The number of nitrogens with one attached hydrogen (secondary N) is 1. The minimum Gasteiger partial charge on any atom is -0.497 e. The van der Waals surface area contributed by atoms with Crippen LogP contribution in [0.1, 0.15) is 32.1 Å². The highest BCUT2D eigenvalue weighted by Crippen LogP contribution is 2.29. The number of halogens is 2. The molecule has 0 unspecified atom stereocenters. The highest BCUT2D eigenvalue weighted by atomic mass is 79.9. The first-order valence-corrected chi connectivity index (χ1v) is 14.7. The number of benzene rings is 3. The monoisotopic (exact) mass is 687 g/mol. The molecule has 1 fully saturated rings. The summed E-state index contributed by atoms with van der Waals surface area (Å²) in [6.45, 7) is 5.54. The Bertz CT molecular complexity index is 1850. The van der Waals surface area contributed by atoms with Crippen molar-refractivity contribution in [2.24, 2.45) is 7.05 Å². The van der Waals surface area contributed by atoms with E-state index in [0.717, 1.165) is 36.3 Å². The normalized spacial score (nSPS) is 13.3. The number of aromatic nitrogens is 2. The Kier molecular flexibility index (Phi) is 10.0. The van der Waals surface area contributed by atoms with Gasteiger partial charge in [0.1, 0.15) is 23.0 Å². The molecule has 9 nitrogen and oxygen atoms in total. The summed E-state index contributed by atoms with van der Waals surface area (Å²) < 4.78 is 26.4. The number of hydrogen-bond donors (Lipinski definition) is 1. The van der Waals surface area contributed by atoms with Crippen molar-refractivity contribution in [3.63, 3.8) is 0 Å². The molecular weight excluding hydrogens is 653 g/mol. The average Bonchev–Trinajstić information content (AvgIpc) is 3.38. The Morgan fingerprint density at radius 1 is 0.891 bits per heavy atom. The van der Waals surface area contributed by atoms with Crippen LogP contribution in [0, 0.1) is 12.7 Å². The number of hydrogen-bond acceptors (Lipinski definition) is 6. The molecule has 0 radical (unpaired) electrons. The van der Waals surface area contributed by atoms with Gasteiger partial charge in [-0.2, -0.15) is 0 Å². The van der Waals surface area contributed by atoms with Crippen molar-refractivity contribution in [1.82, 2.24) is 19.4 Å². The lowest BCUT2D eigenvalue weighted by Crippen LogP contribution is -2.48. The van der Waals surface area contributed by atoms with E-state index < -0.39 is 5.82 Å². The Balaban J connectivity index is 0.00000417. The Hall–Kier alpha value is -4.74. The summed E-state index contributed by atoms with van der Waals surface area (Å²) in [6.07, 6.45) is 0. The van der Waals surface area contributed by atoms with Crippen molar-refractivity contribution >= 4 is 45.4 Å². The second-order valence-electron chi connectivity index (χ2n) is 11.1. The van der Waals surface area contributed by atoms with Crippen molar-refractivity contribution in [2.75, 3.05) is 38.6 Å². The van der Waals surface area contributed by atoms with Gasteiger partial charge in [-0.05, 0) is 79.2 Å². The van der Waals surface area contributed by atoms with Crippen LogP contribution >= 0.6 is 17.0 Å². The number of ether oxygens (including phenoxy) is 2. The van der Waals surface area contributed by atoms with Gasteiger partial charge in [-0.15, -0.1) is 17.0 Å². The maximum Gasteiger partial charge on any atom is 0.270 e. The van der Waals surface area contributed by atoms with Crippen LogP contribution < -0.4 is 14.8 Å². The molecule has 3 aromatic carbocycles. The maximum atomic E-state index is 13.5. The molecule has 1 N–H and O–H groups in total. The van der Waals surface area contributed by atoms with Gasteiger partial charge >= 0.3 is 0 Å². The SMILES string of the molecule is Br.COc1ccc(CN2CCN(C(=O)c3cc4cc(Oc5ccc(NC(=O)c6ccc(F)cc6)c(C)n5)ccc4n3C)CC2)cc1. The second kappa shape index (κ2) is 14.1. The van der Waals surface area contributed by atoms with Crippen LogP contribution in [0.3, 0.4) is 0 Å². The predicted octanol–water partition coefficient (Wildman–Crippen LogP) is 6.61. The molecule has 238 valence electrons. The quantitative estimate of drug-likeness (QED) is 0.198. The van der Waals surface area contributed by atoms with Gasteiger partial charge in [0.25, 0.3) is 11.8 Å². The minimum atomic E-state index is -0.405. The topological polar surface area (TPSA) is 88.9 Å². The van der Waals surface area contributed by atoms with Crippen LogP contribution in [-0.2, 0) is 13.6 Å². The molecule has 46 heavy (non-hydrogen) atoms. The largest absolute Gasteiger partial charge is 0.497 e. The van der Waals surface area contributed by atoms with Crippen molar-refractivity contribution < 1.29 is 23.5 Å². The molecule has 0 atom stereocenters. The van der Waals surface area contributed by atoms with Crippen LogP contribution in [0.25, 0.3) is 10.9 Å². The summed E-state index contributed by atoms with van der Waals surface area (Å²) >= 11 is 0. The number of fused-ring (bicyclic) bond motifs is 1. The van der Waals surface area contributed by atoms with Crippen molar-refractivity contribution in [1.29, 1.82) is 0 Å². The molecule has 0 spiro atoms. The zero-order valence-electron chi connectivity index (χ0n) is 25.8. The molecule has 0 aliphatic carbocycles. The number of piperazine rings is 1. The van der Waals surface area contributed by atoms with Gasteiger partial charge in [0.2, 0.25) is 5.88 Å². The number of rotatable bonds is 8. The van der Waals surface area contributed by atoms with Crippen LogP contribution in [0.4, 0.5) is 10.1 Å². The molecule has 0 bridgehead atoms. The highest BCUT2D eigenvalue weighted by Gasteiger charge is 2.25. The van der Waals surface area contributed by atoms with Gasteiger partial charge in [0, 0.05) is 62.3 Å². The van der Waals surface area contributed by atoms with E-state index in [4.69, 9.17) is 9.47 Å². The fourth-order valence-electron chi connectivity index (χ4n) is 5.50. The first kappa shape index (κ1) is 32.6. The molecule has 1 aliphatic heterocycles. The van der Waals surface area contributed by atoms with E-state index in [1.54, 1.807) is 26.2 Å². The first-order chi connectivity index (χ1) is 21.8. The van der Waals surface area contributed by atoms with Gasteiger partial charge in [-0.25, -0.2) is 9.37 Å². The van der Waals surface area contributed by atoms with Crippen molar-refractivity contribution in [2.45, 2.75) is 13.5 Å². The molecular formula is C35H35BrFN5O4. The minimum absolute atomic E-state index is 0. The van der Waals surface area contributed by atoms with Gasteiger partial charge in [0.15, 0.2) is 0 Å². The van der Waals surface area contributed by atoms with Gasteiger partial charge in [-0.3, -0.25) is 14.5 Å². The third-order valence-electron chi connectivity index (χ3n) is 8.10. The van der Waals surface area contributed by atoms with E-state index in [1.165, 1.54) is 29.8 Å². The van der Waals surface area contributed by atoms with Crippen LogP contribution in [0.5, 0.6) is 17.4 Å². The Morgan fingerprint density at radius 2 is 1.59 bits per heavy atom. The maximum absolute atomic E-state index is 13.5. The fourth-order valence-corrected chi connectivity index (χ4v) is 5.50. The molecule has 3 heterocycles. The molecule has 1 aliphatic rings. The zero-order valence-corrected chi connectivity index (χ0v) is 27.5. The number of aryl methyl sites for hydroxylation is 2. The van der Waals surface area contributed by atoms with E-state index in [1.807, 2.05) is 52.9 Å². The molecule has 2 aromatic heterocycles. The number of amides is 2. The molecule has 1 saturated heterocycles. The lowest BCUT2D eigenvalue weighted by atomic mass is 10.2. The number of anilines is 1. The molecule has 5 aromatic rings. The smallest absolute Gasteiger partial charge is 0.270 e. The van der Waals surface area contributed by atoms with E-state index in [0.29, 0.717) is 47.4 Å². The van der Waals surface area contributed by atoms with Crippen LogP contribution in [0.2, 0.25) is 0 Å². The summed E-state index contributed by atoms with van der Waals surface area (Å²) in [5, 5.41) is 3.69. The molecule has 11 heteroatoms. The summed E-state index contributed by atoms with van der Waals surface area (Å²) in [5.74, 6) is 1.04. The van der Waals surface area contributed by atoms with Gasteiger partial charge < -0.3 is 24.3 Å². The number of carbonyl (C=O) groups excluding carboxylic acids is 2. The number of pyridine rings is 1. The summed E-state index contributed by atoms with van der Waals surface area (Å²) in [4.78, 5) is 34.8. The average molecular weight is 689 g/mol. The lowest BCUT2D eigenvalue weighted by molar-refractivity contribution is 0.0619. The number of nitrogens with zero attached hydrogens (tertiary/aromatic N) is 4. The fraction of sp³-hybridized carbons (Fsp3) is 0.229. The van der Waals surface area contributed by atoms with E-state index in [9.17, 15) is 14.0 Å². The van der Waals surface area contributed by atoms with Crippen molar-refractivity contribution in [3.8, 4) is 17.4 Å². The third-order valence-corrected chi connectivity index (χ3v) is 8.10. The Labute approximate surface area is 277 Å². The van der Waals surface area contributed by atoms with Gasteiger partial charge in [-0.1, -0.05) is 12.1 Å². The molecule has 0 saturated carbocycles. The van der Waals surface area contributed by atoms with Crippen LogP contribution in [-0.4, -0.2) is 64.5 Å².